The SMILES string of the molecule is COCCOc1ccccc1C1NCCc2ccccc21. The second kappa shape index (κ2) is 6.74. The van der Waals surface area contributed by atoms with Crippen molar-refractivity contribution in [2.45, 2.75) is 12.5 Å². The van der Waals surface area contributed by atoms with Crippen molar-refractivity contribution in [3.63, 3.8) is 0 Å². The number of methoxy groups -OCH3 is 1. The van der Waals surface area contributed by atoms with Crippen LogP contribution in [0.3, 0.4) is 0 Å². The van der Waals surface area contributed by atoms with Gasteiger partial charge in [0.1, 0.15) is 12.4 Å². The maximum absolute atomic E-state index is 5.88. The van der Waals surface area contributed by atoms with Crippen molar-refractivity contribution in [3.8, 4) is 5.75 Å². The highest BCUT2D eigenvalue weighted by Gasteiger charge is 2.23. The molecule has 3 rings (SSSR count). The number of rotatable bonds is 5. The maximum Gasteiger partial charge on any atom is 0.124 e. The largest absolute Gasteiger partial charge is 0.491 e. The summed E-state index contributed by atoms with van der Waals surface area (Å²) in [5, 5.41) is 3.61. The molecule has 0 aliphatic carbocycles. The molecule has 0 amide bonds. The predicted octanol–water partition coefficient (Wildman–Crippen LogP) is 2.95. The molecule has 21 heavy (non-hydrogen) atoms. The van der Waals surface area contributed by atoms with Crippen LogP contribution >= 0.6 is 0 Å². The Morgan fingerprint density at radius 2 is 1.76 bits per heavy atom. The molecule has 110 valence electrons. The molecule has 0 fully saturated rings. The molecule has 0 saturated heterocycles. The van der Waals surface area contributed by atoms with Gasteiger partial charge in [0.2, 0.25) is 0 Å². The second-order valence-corrected chi connectivity index (χ2v) is 5.22. The van der Waals surface area contributed by atoms with Crippen LogP contribution in [0.2, 0.25) is 0 Å². The van der Waals surface area contributed by atoms with Gasteiger partial charge in [-0.2, -0.15) is 0 Å². The molecule has 0 radical (unpaired) electrons. The molecular weight excluding hydrogens is 262 g/mol. The molecule has 0 spiro atoms. The Bertz CT molecular complexity index is 597. The maximum atomic E-state index is 5.88. The fourth-order valence-corrected chi connectivity index (χ4v) is 2.87. The minimum atomic E-state index is 0.202. The summed E-state index contributed by atoms with van der Waals surface area (Å²) in [5.41, 5.74) is 3.97. The highest BCUT2D eigenvalue weighted by Crippen LogP contribution is 2.33. The lowest BCUT2D eigenvalue weighted by Crippen LogP contribution is -2.30. The van der Waals surface area contributed by atoms with Crippen LogP contribution in [-0.4, -0.2) is 26.9 Å². The monoisotopic (exact) mass is 283 g/mol. The summed E-state index contributed by atoms with van der Waals surface area (Å²) in [6.45, 7) is 2.17. The van der Waals surface area contributed by atoms with Gasteiger partial charge in [-0.3, -0.25) is 0 Å². The van der Waals surface area contributed by atoms with Crippen molar-refractivity contribution >= 4 is 0 Å². The lowest BCUT2D eigenvalue weighted by atomic mass is 9.89. The quantitative estimate of drug-likeness (QED) is 0.856. The Labute approximate surface area is 125 Å². The molecule has 1 heterocycles. The molecule has 2 aromatic carbocycles. The molecule has 0 aromatic heterocycles. The topological polar surface area (TPSA) is 30.5 Å². The molecule has 0 saturated carbocycles. The first-order chi connectivity index (χ1) is 10.4. The molecule has 2 aromatic rings. The Morgan fingerprint density at radius 1 is 1.00 bits per heavy atom. The van der Waals surface area contributed by atoms with Gasteiger partial charge in [0.25, 0.3) is 0 Å². The van der Waals surface area contributed by atoms with Gasteiger partial charge in [-0.05, 0) is 23.6 Å². The zero-order chi connectivity index (χ0) is 14.5. The van der Waals surface area contributed by atoms with Gasteiger partial charge in [0, 0.05) is 19.2 Å². The summed E-state index contributed by atoms with van der Waals surface area (Å²) < 4.78 is 10.9. The molecule has 3 heteroatoms. The molecule has 1 aliphatic rings. The number of benzene rings is 2. The van der Waals surface area contributed by atoms with E-state index < -0.39 is 0 Å². The number of nitrogens with one attached hydrogen (secondary N) is 1. The van der Waals surface area contributed by atoms with Crippen LogP contribution in [-0.2, 0) is 11.2 Å². The van der Waals surface area contributed by atoms with E-state index in [1.165, 1.54) is 16.7 Å². The van der Waals surface area contributed by atoms with E-state index in [1.807, 2.05) is 12.1 Å². The van der Waals surface area contributed by atoms with Crippen LogP contribution in [0.5, 0.6) is 5.75 Å². The summed E-state index contributed by atoms with van der Waals surface area (Å²) in [6, 6.07) is 17.1. The van der Waals surface area contributed by atoms with Gasteiger partial charge < -0.3 is 14.8 Å². The molecule has 3 nitrogen and oxygen atoms in total. The number of para-hydroxylation sites is 1. The van der Waals surface area contributed by atoms with E-state index in [-0.39, 0.29) is 6.04 Å². The van der Waals surface area contributed by atoms with Crippen LogP contribution in [0.25, 0.3) is 0 Å². The third-order valence-electron chi connectivity index (χ3n) is 3.88. The Kier molecular flexibility index (Phi) is 4.53. The van der Waals surface area contributed by atoms with Crippen molar-refractivity contribution < 1.29 is 9.47 Å². The average Bonchev–Trinajstić information content (AvgIpc) is 2.55. The Hall–Kier alpha value is -1.84. The Balaban J connectivity index is 1.91. The zero-order valence-electron chi connectivity index (χ0n) is 12.3. The molecule has 1 unspecified atom stereocenters. The minimum Gasteiger partial charge on any atom is -0.491 e. The van der Waals surface area contributed by atoms with Gasteiger partial charge in [-0.1, -0.05) is 42.5 Å². The van der Waals surface area contributed by atoms with Crippen molar-refractivity contribution in [3.05, 3.63) is 65.2 Å². The predicted molar refractivity (Wildman–Crippen MR) is 83.8 cm³/mol. The molecule has 0 bridgehead atoms. The summed E-state index contributed by atoms with van der Waals surface area (Å²) in [6.07, 6.45) is 1.08. The van der Waals surface area contributed by atoms with Gasteiger partial charge in [0.05, 0.1) is 12.6 Å². The van der Waals surface area contributed by atoms with Crippen molar-refractivity contribution in [1.82, 2.24) is 5.32 Å². The van der Waals surface area contributed by atoms with E-state index in [2.05, 4.69) is 41.7 Å². The van der Waals surface area contributed by atoms with Crippen LogP contribution < -0.4 is 10.1 Å². The highest BCUT2D eigenvalue weighted by atomic mass is 16.5. The Morgan fingerprint density at radius 3 is 2.62 bits per heavy atom. The van der Waals surface area contributed by atoms with Crippen LogP contribution in [0, 0.1) is 0 Å². The van der Waals surface area contributed by atoms with E-state index in [4.69, 9.17) is 9.47 Å². The first-order valence-electron chi connectivity index (χ1n) is 7.42. The number of hydrogen-bond acceptors (Lipinski definition) is 3. The van der Waals surface area contributed by atoms with Crippen LogP contribution in [0.1, 0.15) is 22.7 Å². The lowest BCUT2D eigenvalue weighted by Gasteiger charge is -2.28. The van der Waals surface area contributed by atoms with Crippen molar-refractivity contribution in [2.24, 2.45) is 0 Å². The first kappa shape index (κ1) is 14.1. The van der Waals surface area contributed by atoms with Gasteiger partial charge >= 0.3 is 0 Å². The summed E-state index contributed by atoms with van der Waals surface area (Å²) in [4.78, 5) is 0. The zero-order valence-corrected chi connectivity index (χ0v) is 12.3. The third kappa shape index (κ3) is 3.09. The smallest absolute Gasteiger partial charge is 0.124 e. The van der Waals surface area contributed by atoms with Crippen LogP contribution in [0.4, 0.5) is 0 Å². The molecular formula is C18H21NO2. The summed E-state index contributed by atoms with van der Waals surface area (Å²) in [7, 11) is 1.69. The van der Waals surface area contributed by atoms with E-state index in [0.717, 1.165) is 18.7 Å². The number of ether oxygens (including phenoxy) is 2. The summed E-state index contributed by atoms with van der Waals surface area (Å²) >= 11 is 0. The van der Waals surface area contributed by atoms with Gasteiger partial charge in [-0.15, -0.1) is 0 Å². The fourth-order valence-electron chi connectivity index (χ4n) is 2.87. The van der Waals surface area contributed by atoms with Crippen LogP contribution in [0.15, 0.2) is 48.5 Å². The van der Waals surface area contributed by atoms with E-state index in [0.29, 0.717) is 13.2 Å². The normalized spacial score (nSPS) is 17.3. The number of hydrogen-bond donors (Lipinski definition) is 1. The van der Waals surface area contributed by atoms with E-state index in [1.54, 1.807) is 7.11 Å². The molecule has 1 N–H and O–H groups in total. The van der Waals surface area contributed by atoms with Crippen molar-refractivity contribution in [1.29, 1.82) is 0 Å². The fraction of sp³-hybridized carbons (Fsp3) is 0.333. The standard InChI is InChI=1S/C18H21NO2/c1-20-12-13-21-17-9-5-4-8-16(17)18-15-7-3-2-6-14(15)10-11-19-18/h2-9,18-19H,10-13H2,1H3. The van der Waals surface area contributed by atoms with E-state index in [9.17, 15) is 0 Å². The molecule has 1 atom stereocenters. The second-order valence-electron chi connectivity index (χ2n) is 5.22. The third-order valence-corrected chi connectivity index (χ3v) is 3.88. The highest BCUT2D eigenvalue weighted by molar-refractivity contribution is 5.45. The summed E-state index contributed by atoms with van der Waals surface area (Å²) in [5.74, 6) is 0.934. The van der Waals surface area contributed by atoms with Gasteiger partial charge in [-0.25, -0.2) is 0 Å². The van der Waals surface area contributed by atoms with Crippen molar-refractivity contribution in [2.75, 3.05) is 26.9 Å². The minimum absolute atomic E-state index is 0.202. The first-order valence-corrected chi connectivity index (χ1v) is 7.42. The van der Waals surface area contributed by atoms with Gasteiger partial charge in [0.15, 0.2) is 0 Å². The number of fused-ring (bicyclic) bond motifs is 1. The lowest BCUT2D eigenvalue weighted by molar-refractivity contribution is 0.145. The average molecular weight is 283 g/mol. The van der Waals surface area contributed by atoms with E-state index >= 15 is 0 Å². The molecule has 1 aliphatic heterocycles.